The lowest BCUT2D eigenvalue weighted by atomic mass is 9.90. The Bertz CT molecular complexity index is 1040. The Kier molecular flexibility index (Phi) is 3.22. The van der Waals surface area contributed by atoms with E-state index >= 15 is 0 Å². The van der Waals surface area contributed by atoms with E-state index in [1.54, 1.807) is 5.56 Å². The van der Waals surface area contributed by atoms with E-state index < -0.39 is 0 Å². The molecule has 0 radical (unpaired) electrons. The lowest BCUT2D eigenvalue weighted by Crippen LogP contribution is -2.45. The number of benzene rings is 2. The van der Waals surface area contributed by atoms with Crippen molar-refractivity contribution in [1.29, 1.82) is 0 Å². The van der Waals surface area contributed by atoms with Gasteiger partial charge >= 0.3 is 0 Å². The first-order valence-electron chi connectivity index (χ1n) is 10.2. The van der Waals surface area contributed by atoms with Gasteiger partial charge < -0.3 is 9.30 Å². The molecule has 0 saturated carbocycles. The van der Waals surface area contributed by atoms with Gasteiger partial charge in [0.15, 0.2) is 0 Å². The molecule has 0 bridgehead atoms. The van der Waals surface area contributed by atoms with Crippen molar-refractivity contribution >= 4 is 10.9 Å². The summed E-state index contributed by atoms with van der Waals surface area (Å²) in [6.45, 7) is 7.58. The number of aryl methyl sites for hydroxylation is 1. The Labute approximate surface area is 160 Å². The molecule has 2 aromatic carbocycles. The molecular formula is C24H26N2O. The topological polar surface area (TPSA) is 17.4 Å². The van der Waals surface area contributed by atoms with Crippen molar-refractivity contribution < 1.29 is 4.74 Å². The summed E-state index contributed by atoms with van der Waals surface area (Å²) in [5, 5.41) is 1.45. The lowest BCUT2D eigenvalue weighted by molar-refractivity contribution is -0.136. The molecule has 4 heterocycles. The van der Waals surface area contributed by atoms with Crippen LogP contribution in [0.15, 0.2) is 48.5 Å². The molecule has 3 heteroatoms. The predicted molar refractivity (Wildman–Crippen MR) is 108 cm³/mol. The third-order valence-corrected chi connectivity index (χ3v) is 6.95. The average molecular weight is 358 g/mol. The zero-order chi connectivity index (χ0) is 18.2. The smallest absolute Gasteiger partial charge is 0.112 e. The third-order valence-electron chi connectivity index (χ3n) is 6.95. The van der Waals surface area contributed by atoms with Crippen molar-refractivity contribution in [2.24, 2.45) is 0 Å². The standard InChI is InChI=1S/C24H26N2O/c1-16-10-11-19-18(13-16)22-20-9-6-12-25(20)14-21-23(22)26(19)15-24(2,27-21)17-7-4-3-5-8-17/h3-5,7-8,10-11,13,20-21H,6,9,12,14-15H2,1-2H3. The number of fused-ring (bicyclic) bond motifs is 5. The van der Waals surface area contributed by atoms with Crippen LogP contribution in [0.5, 0.6) is 0 Å². The minimum absolute atomic E-state index is 0.154. The van der Waals surface area contributed by atoms with Crippen molar-refractivity contribution in [2.45, 2.75) is 51.0 Å². The number of aromatic nitrogens is 1. The van der Waals surface area contributed by atoms with Gasteiger partial charge in [-0.1, -0.05) is 42.0 Å². The van der Waals surface area contributed by atoms with Crippen molar-refractivity contribution in [3.63, 3.8) is 0 Å². The summed E-state index contributed by atoms with van der Waals surface area (Å²) in [4.78, 5) is 2.66. The van der Waals surface area contributed by atoms with Crippen LogP contribution < -0.4 is 0 Å². The number of hydrogen-bond acceptors (Lipinski definition) is 2. The minimum atomic E-state index is -0.292. The second kappa shape index (κ2) is 5.46. The molecule has 3 aromatic rings. The fourth-order valence-corrected chi connectivity index (χ4v) is 5.75. The van der Waals surface area contributed by atoms with Gasteiger partial charge in [-0.3, -0.25) is 4.90 Å². The first kappa shape index (κ1) is 15.9. The number of nitrogens with zero attached hydrogens (tertiary/aromatic N) is 2. The molecule has 3 aliphatic heterocycles. The maximum atomic E-state index is 6.87. The Morgan fingerprint density at radius 1 is 1.11 bits per heavy atom. The van der Waals surface area contributed by atoms with Crippen LogP contribution in [0.2, 0.25) is 0 Å². The van der Waals surface area contributed by atoms with Crippen LogP contribution in [-0.2, 0) is 16.9 Å². The van der Waals surface area contributed by atoms with Gasteiger partial charge in [-0.05, 0) is 50.9 Å². The Morgan fingerprint density at radius 3 is 2.81 bits per heavy atom. The summed E-state index contributed by atoms with van der Waals surface area (Å²) >= 11 is 0. The molecule has 1 fully saturated rings. The molecule has 3 aliphatic rings. The molecule has 27 heavy (non-hydrogen) atoms. The van der Waals surface area contributed by atoms with Gasteiger partial charge in [-0.25, -0.2) is 0 Å². The van der Waals surface area contributed by atoms with Crippen LogP contribution in [0.25, 0.3) is 10.9 Å². The fraction of sp³-hybridized carbons (Fsp3) is 0.417. The van der Waals surface area contributed by atoms with E-state index in [-0.39, 0.29) is 11.7 Å². The zero-order valence-electron chi connectivity index (χ0n) is 16.1. The molecule has 1 aromatic heterocycles. The summed E-state index contributed by atoms with van der Waals surface area (Å²) in [6.07, 6.45) is 2.73. The molecule has 3 nitrogen and oxygen atoms in total. The van der Waals surface area contributed by atoms with Gasteiger partial charge in [0.05, 0.1) is 12.2 Å². The number of ether oxygens (including phenoxy) is 1. The van der Waals surface area contributed by atoms with E-state index in [9.17, 15) is 0 Å². The van der Waals surface area contributed by atoms with E-state index in [2.05, 4.69) is 71.8 Å². The summed E-state index contributed by atoms with van der Waals surface area (Å²) in [5.41, 5.74) is 6.72. The first-order valence-corrected chi connectivity index (χ1v) is 10.2. The molecule has 0 aliphatic carbocycles. The molecule has 0 N–H and O–H groups in total. The summed E-state index contributed by atoms with van der Waals surface area (Å²) < 4.78 is 9.46. The highest BCUT2D eigenvalue weighted by Gasteiger charge is 2.47. The maximum absolute atomic E-state index is 6.87. The van der Waals surface area contributed by atoms with Crippen molar-refractivity contribution in [1.82, 2.24) is 9.47 Å². The quantitative estimate of drug-likeness (QED) is 0.603. The van der Waals surface area contributed by atoms with E-state index in [0.29, 0.717) is 6.04 Å². The predicted octanol–water partition coefficient (Wildman–Crippen LogP) is 5.09. The highest BCUT2D eigenvalue weighted by molar-refractivity contribution is 5.87. The van der Waals surface area contributed by atoms with Crippen LogP contribution in [0.3, 0.4) is 0 Å². The SMILES string of the molecule is Cc1ccc2c(c1)c1c3n2CC(C)(c2ccccc2)OC3CN2CCCC12. The molecule has 1 saturated heterocycles. The first-order chi connectivity index (χ1) is 13.1. The maximum Gasteiger partial charge on any atom is 0.112 e. The Morgan fingerprint density at radius 2 is 1.96 bits per heavy atom. The monoisotopic (exact) mass is 358 g/mol. The van der Waals surface area contributed by atoms with Gasteiger partial charge in [0.25, 0.3) is 0 Å². The molecule has 6 rings (SSSR count). The van der Waals surface area contributed by atoms with Crippen molar-refractivity contribution in [3.05, 3.63) is 70.9 Å². The molecule has 3 unspecified atom stereocenters. The largest absolute Gasteiger partial charge is 0.358 e. The highest BCUT2D eigenvalue weighted by Crippen LogP contribution is 2.51. The zero-order valence-corrected chi connectivity index (χ0v) is 16.1. The Hall–Kier alpha value is -2.10. The average Bonchev–Trinajstić information content (AvgIpc) is 3.25. The van der Waals surface area contributed by atoms with Gasteiger partial charge in [0.1, 0.15) is 11.7 Å². The minimum Gasteiger partial charge on any atom is -0.358 e. The number of rotatable bonds is 1. The second-order valence-corrected chi connectivity index (χ2v) is 8.76. The van der Waals surface area contributed by atoms with Crippen LogP contribution in [-0.4, -0.2) is 22.6 Å². The van der Waals surface area contributed by atoms with Crippen LogP contribution >= 0.6 is 0 Å². The Balaban J connectivity index is 1.61. The molecule has 0 spiro atoms. The van der Waals surface area contributed by atoms with E-state index in [1.165, 1.54) is 47.1 Å². The van der Waals surface area contributed by atoms with E-state index in [0.717, 1.165) is 13.1 Å². The molecule has 0 amide bonds. The van der Waals surface area contributed by atoms with Gasteiger partial charge in [0, 0.05) is 29.1 Å². The van der Waals surface area contributed by atoms with Gasteiger partial charge in [-0.15, -0.1) is 0 Å². The fourth-order valence-electron chi connectivity index (χ4n) is 5.75. The molecule has 138 valence electrons. The van der Waals surface area contributed by atoms with E-state index in [4.69, 9.17) is 4.74 Å². The third kappa shape index (κ3) is 2.16. The summed E-state index contributed by atoms with van der Waals surface area (Å²) in [7, 11) is 0. The summed E-state index contributed by atoms with van der Waals surface area (Å²) in [6, 6.07) is 18.3. The van der Waals surface area contributed by atoms with Crippen LogP contribution in [0.4, 0.5) is 0 Å². The normalized spacial score (nSPS) is 29.7. The molecular weight excluding hydrogens is 332 g/mol. The highest BCUT2D eigenvalue weighted by atomic mass is 16.5. The van der Waals surface area contributed by atoms with Crippen molar-refractivity contribution in [3.8, 4) is 0 Å². The molecule has 3 atom stereocenters. The van der Waals surface area contributed by atoms with Crippen molar-refractivity contribution in [2.75, 3.05) is 13.1 Å². The summed E-state index contributed by atoms with van der Waals surface area (Å²) in [5.74, 6) is 0. The van der Waals surface area contributed by atoms with Crippen LogP contribution in [0.1, 0.15) is 54.3 Å². The van der Waals surface area contributed by atoms with Crippen LogP contribution in [0, 0.1) is 6.92 Å². The lowest BCUT2D eigenvalue weighted by Gasteiger charge is -2.45. The second-order valence-electron chi connectivity index (χ2n) is 8.76. The van der Waals surface area contributed by atoms with Gasteiger partial charge in [-0.2, -0.15) is 0 Å². The number of hydrogen-bond donors (Lipinski definition) is 0. The van der Waals surface area contributed by atoms with Gasteiger partial charge in [0.2, 0.25) is 0 Å². The van der Waals surface area contributed by atoms with E-state index in [1.807, 2.05) is 0 Å².